The predicted octanol–water partition coefficient (Wildman–Crippen LogP) is 5.08. The molecule has 5 rings (SSSR count). The van der Waals surface area contributed by atoms with Crippen molar-refractivity contribution in [2.24, 2.45) is 5.92 Å². The van der Waals surface area contributed by atoms with E-state index in [2.05, 4.69) is 10.4 Å². The summed E-state index contributed by atoms with van der Waals surface area (Å²) in [6.45, 7) is 1.59. The number of thioether (sulfide) groups is 1. The molecule has 0 saturated carbocycles. The minimum absolute atomic E-state index is 0.0676. The van der Waals surface area contributed by atoms with Crippen molar-refractivity contribution in [2.75, 3.05) is 11.2 Å². The van der Waals surface area contributed by atoms with Crippen molar-refractivity contribution in [1.29, 1.82) is 0 Å². The van der Waals surface area contributed by atoms with Crippen LogP contribution in [0.5, 0.6) is 5.75 Å². The van der Waals surface area contributed by atoms with Crippen molar-refractivity contribution < 1.29 is 14.0 Å². The lowest BCUT2D eigenvalue weighted by Crippen LogP contribution is -2.55. The summed E-state index contributed by atoms with van der Waals surface area (Å²) in [4.78, 5) is 20.9. The van der Waals surface area contributed by atoms with Crippen LogP contribution in [0.3, 0.4) is 0 Å². The molecule has 2 aromatic rings. The minimum Gasteiger partial charge on any atom is -0.405 e. The van der Waals surface area contributed by atoms with Crippen molar-refractivity contribution in [2.45, 2.75) is 55.4 Å². The second kappa shape index (κ2) is 7.03. The molecule has 2 bridgehead atoms. The third-order valence-corrected chi connectivity index (χ3v) is 7.55. The third-order valence-electron chi connectivity index (χ3n) is 6.79. The molecule has 0 radical (unpaired) electrons. The standard InChI is InChI=1S/C23H25FN2O2S/c1-14(27)15-7-11-20(22(13-15)29-2)26-16-8-10-17(19(26)12-9-16)23(24)18-5-3-4-6-21(18)28-25-23/h3-7,11,13,16-17,19,25H,8-10,12H2,1-2H3. The maximum atomic E-state index is 16.4. The predicted molar refractivity (Wildman–Crippen MR) is 113 cm³/mol. The minimum atomic E-state index is -1.69. The number of alkyl halides is 1. The molecule has 4 nitrogen and oxygen atoms in total. The van der Waals surface area contributed by atoms with Crippen LogP contribution in [-0.4, -0.2) is 24.1 Å². The molecule has 3 heterocycles. The third kappa shape index (κ3) is 2.88. The number of carbonyl (C=O) groups is 1. The Morgan fingerprint density at radius 3 is 2.79 bits per heavy atom. The van der Waals surface area contributed by atoms with E-state index in [1.165, 1.54) is 0 Å². The van der Waals surface area contributed by atoms with Gasteiger partial charge in [0.1, 0.15) is 0 Å². The smallest absolute Gasteiger partial charge is 0.225 e. The highest BCUT2D eigenvalue weighted by Gasteiger charge is 2.56. The van der Waals surface area contributed by atoms with E-state index in [-0.39, 0.29) is 17.7 Å². The van der Waals surface area contributed by atoms with Crippen molar-refractivity contribution in [3.8, 4) is 5.75 Å². The van der Waals surface area contributed by atoms with E-state index in [1.807, 2.05) is 48.7 Å². The Bertz CT molecular complexity index is 968. The summed E-state index contributed by atoms with van der Waals surface area (Å²) in [6, 6.07) is 13.8. The number of Topliss-reactive ketones (excluding diaryl/α,β-unsaturated/α-hetero) is 1. The molecule has 1 N–H and O–H groups in total. The number of halogens is 1. The van der Waals surface area contributed by atoms with E-state index in [0.29, 0.717) is 17.4 Å². The fourth-order valence-electron chi connectivity index (χ4n) is 5.42. The molecule has 0 spiro atoms. The number of hydrogen-bond acceptors (Lipinski definition) is 5. The molecule has 29 heavy (non-hydrogen) atoms. The second-order valence-electron chi connectivity index (χ2n) is 8.24. The normalized spacial score (nSPS) is 30.2. The summed E-state index contributed by atoms with van der Waals surface area (Å²) < 4.78 is 16.4. The van der Waals surface area contributed by atoms with Crippen LogP contribution in [0.1, 0.15) is 48.5 Å². The van der Waals surface area contributed by atoms with Crippen LogP contribution in [0.25, 0.3) is 0 Å². The van der Waals surface area contributed by atoms with Gasteiger partial charge in [0.05, 0.1) is 11.3 Å². The van der Waals surface area contributed by atoms with E-state index in [1.54, 1.807) is 18.7 Å². The fourth-order valence-corrected chi connectivity index (χ4v) is 6.05. The van der Waals surface area contributed by atoms with Gasteiger partial charge in [0.2, 0.25) is 5.79 Å². The Labute approximate surface area is 174 Å². The number of nitrogens with one attached hydrogen (secondary N) is 1. The molecule has 0 aliphatic carbocycles. The number of anilines is 1. The average molecular weight is 413 g/mol. The van der Waals surface area contributed by atoms with Crippen molar-refractivity contribution >= 4 is 23.2 Å². The van der Waals surface area contributed by atoms with E-state index in [4.69, 9.17) is 4.84 Å². The molecule has 6 heteroatoms. The Morgan fingerprint density at radius 1 is 1.21 bits per heavy atom. The number of ketones is 1. The molecule has 3 aliphatic rings. The summed E-state index contributed by atoms with van der Waals surface area (Å²) >= 11 is 1.65. The van der Waals surface area contributed by atoms with E-state index in [9.17, 15) is 4.79 Å². The fraction of sp³-hybridized carbons (Fsp3) is 0.435. The van der Waals surface area contributed by atoms with Gasteiger partial charge < -0.3 is 9.74 Å². The van der Waals surface area contributed by atoms with Crippen LogP contribution in [0.4, 0.5) is 10.1 Å². The van der Waals surface area contributed by atoms with Gasteiger partial charge in [0.15, 0.2) is 11.5 Å². The lowest BCUT2D eigenvalue weighted by molar-refractivity contribution is -0.0451. The van der Waals surface area contributed by atoms with Crippen LogP contribution in [0.15, 0.2) is 47.4 Å². The SMILES string of the molecule is CSc1cc(C(C)=O)ccc1N1C2CCC1C(C1(F)NOc3ccccc31)CC2. The number of hydrogen-bond donors (Lipinski definition) is 1. The topological polar surface area (TPSA) is 41.6 Å². The van der Waals surface area contributed by atoms with Gasteiger partial charge in [-0.2, -0.15) is 0 Å². The van der Waals surface area contributed by atoms with Crippen LogP contribution < -0.4 is 15.2 Å². The van der Waals surface area contributed by atoms with Gasteiger partial charge in [-0.15, -0.1) is 17.2 Å². The second-order valence-corrected chi connectivity index (χ2v) is 9.09. The lowest BCUT2D eigenvalue weighted by Gasteiger charge is -2.45. The molecule has 2 saturated heterocycles. The maximum absolute atomic E-state index is 16.4. The Kier molecular flexibility index (Phi) is 4.59. The van der Waals surface area contributed by atoms with Gasteiger partial charge in [0, 0.05) is 28.5 Å². The molecular weight excluding hydrogens is 387 g/mol. The van der Waals surface area contributed by atoms with Gasteiger partial charge in [-0.05, 0) is 63.1 Å². The van der Waals surface area contributed by atoms with Gasteiger partial charge in [-0.3, -0.25) is 4.79 Å². The van der Waals surface area contributed by atoms with Crippen molar-refractivity contribution in [3.05, 3.63) is 53.6 Å². The van der Waals surface area contributed by atoms with E-state index < -0.39 is 5.79 Å². The number of nitrogens with zero attached hydrogens (tertiary/aromatic N) is 1. The summed E-state index contributed by atoms with van der Waals surface area (Å²) in [6.07, 6.45) is 5.85. The van der Waals surface area contributed by atoms with Crippen molar-refractivity contribution in [3.63, 3.8) is 0 Å². The number of carbonyl (C=O) groups excluding carboxylic acids is 1. The zero-order chi connectivity index (χ0) is 20.2. The monoisotopic (exact) mass is 412 g/mol. The Balaban J connectivity index is 1.53. The average Bonchev–Trinajstić information content (AvgIpc) is 3.23. The zero-order valence-corrected chi connectivity index (χ0v) is 17.5. The van der Waals surface area contributed by atoms with Crippen LogP contribution >= 0.6 is 11.8 Å². The van der Waals surface area contributed by atoms with Gasteiger partial charge >= 0.3 is 0 Å². The number of para-hydroxylation sites is 1. The highest BCUT2D eigenvalue weighted by Crippen LogP contribution is 2.53. The first kappa shape index (κ1) is 18.9. The summed E-state index contributed by atoms with van der Waals surface area (Å²) in [5.74, 6) is -1.24. The summed E-state index contributed by atoms with van der Waals surface area (Å²) in [5.41, 5.74) is 5.18. The molecular formula is C23H25FN2O2S. The Hall–Kier alpha value is -2.05. The van der Waals surface area contributed by atoms with Crippen LogP contribution in [0, 0.1) is 5.92 Å². The van der Waals surface area contributed by atoms with Gasteiger partial charge in [-0.1, -0.05) is 18.2 Å². The molecule has 2 aromatic carbocycles. The van der Waals surface area contributed by atoms with Crippen LogP contribution in [0.2, 0.25) is 0 Å². The molecule has 0 amide bonds. The first-order valence-electron chi connectivity index (χ1n) is 10.2. The van der Waals surface area contributed by atoms with E-state index in [0.717, 1.165) is 41.8 Å². The highest BCUT2D eigenvalue weighted by atomic mass is 32.2. The van der Waals surface area contributed by atoms with Gasteiger partial charge in [0.25, 0.3) is 0 Å². The van der Waals surface area contributed by atoms with Crippen molar-refractivity contribution in [1.82, 2.24) is 5.48 Å². The summed E-state index contributed by atoms with van der Waals surface area (Å²) in [7, 11) is 0. The van der Waals surface area contributed by atoms with E-state index >= 15 is 4.39 Å². The first-order valence-corrected chi connectivity index (χ1v) is 11.4. The Morgan fingerprint density at radius 2 is 2.00 bits per heavy atom. The van der Waals surface area contributed by atoms with Gasteiger partial charge in [-0.25, -0.2) is 4.39 Å². The largest absolute Gasteiger partial charge is 0.405 e. The van der Waals surface area contributed by atoms with Crippen LogP contribution in [-0.2, 0) is 5.79 Å². The molecule has 152 valence electrons. The molecule has 0 aromatic heterocycles. The number of fused-ring (bicyclic) bond motifs is 3. The molecule has 4 unspecified atom stereocenters. The number of rotatable bonds is 4. The zero-order valence-electron chi connectivity index (χ0n) is 16.7. The first-order chi connectivity index (χ1) is 14.0. The highest BCUT2D eigenvalue weighted by molar-refractivity contribution is 7.98. The molecule has 3 aliphatic heterocycles. The lowest BCUT2D eigenvalue weighted by atomic mass is 9.79. The molecule has 4 atom stereocenters. The maximum Gasteiger partial charge on any atom is 0.225 e. The number of hydroxylamine groups is 1. The number of benzene rings is 2. The summed E-state index contributed by atoms with van der Waals surface area (Å²) in [5, 5.41) is 0. The molecule has 2 fully saturated rings. The quantitative estimate of drug-likeness (QED) is 0.431. The number of piperidine rings is 1.